The predicted molar refractivity (Wildman–Crippen MR) is 99.5 cm³/mol. The van der Waals surface area contributed by atoms with E-state index < -0.39 is 0 Å². The van der Waals surface area contributed by atoms with E-state index in [9.17, 15) is 19.5 Å². The lowest BCUT2D eigenvalue weighted by Gasteiger charge is -2.13. The molecule has 0 atom stereocenters. The van der Waals surface area contributed by atoms with Crippen molar-refractivity contribution in [3.05, 3.63) is 65.2 Å². The summed E-state index contributed by atoms with van der Waals surface area (Å²) in [6.07, 6.45) is 0.491. The third kappa shape index (κ3) is 4.03. The van der Waals surface area contributed by atoms with Gasteiger partial charge in [-0.3, -0.25) is 19.3 Å². The third-order valence-electron chi connectivity index (χ3n) is 4.30. The third-order valence-corrected chi connectivity index (χ3v) is 4.30. The summed E-state index contributed by atoms with van der Waals surface area (Å²) in [7, 11) is 0. The maximum atomic E-state index is 12.2. The zero-order chi connectivity index (χ0) is 19.4. The first kappa shape index (κ1) is 18.3. The van der Waals surface area contributed by atoms with E-state index in [0.29, 0.717) is 23.3 Å². The van der Waals surface area contributed by atoms with E-state index in [1.165, 1.54) is 17.0 Å². The number of amides is 3. The van der Waals surface area contributed by atoms with Gasteiger partial charge in [-0.1, -0.05) is 12.1 Å². The minimum absolute atomic E-state index is 0.139. The molecule has 7 nitrogen and oxygen atoms in total. The van der Waals surface area contributed by atoms with Crippen molar-refractivity contribution in [2.75, 3.05) is 6.54 Å². The zero-order valence-electron chi connectivity index (χ0n) is 14.8. The molecule has 0 unspecified atom stereocenters. The number of nitrogens with zero attached hydrogens (tertiary/aromatic N) is 2. The number of aromatic hydroxyl groups is 1. The van der Waals surface area contributed by atoms with Crippen LogP contribution in [-0.2, 0) is 4.79 Å². The van der Waals surface area contributed by atoms with Crippen LogP contribution in [0.1, 0.15) is 46.0 Å². The van der Waals surface area contributed by atoms with Gasteiger partial charge in [0.1, 0.15) is 5.75 Å². The van der Waals surface area contributed by atoms with Crippen LogP contribution in [0.5, 0.6) is 5.75 Å². The molecule has 1 aliphatic heterocycles. The van der Waals surface area contributed by atoms with Crippen molar-refractivity contribution < 1.29 is 19.5 Å². The predicted octanol–water partition coefficient (Wildman–Crippen LogP) is 2.31. The van der Waals surface area contributed by atoms with Crippen molar-refractivity contribution >= 4 is 23.4 Å². The highest BCUT2D eigenvalue weighted by Gasteiger charge is 2.34. The molecule has 1 heterocycles. The molecule has 27 heavy (non-hydrogen) atoms. The van der Waals surface area contributed by atoms with Crippen LogP contribution in [0.4, 0.5) is 0 Å². The molecule has 3 rings (SSSR count). The summed E-state index contributed by atoms with van der Waals surface area (Å²) in [5.74, 6) is -0.789. The standard InChI is InChI=1S/C20H19N3O4/c1-13(14-8-10-15(24)11-9-14)21-22-18(25)7-4-12-23-19(26)16-5-2-3-6-17(16)20(23)27/h2-3,5-6,8-11,24H,4,7,12H2,1H3,(H,22,25)/b21-13-. The topological polar surface area (TPSA) is 99.1 Å². The average molecular weight is 365 g/mol. The quantitative estimate of drug-likeness (QED) is 0.466. The Balaban J connectivity index is 1.49. The molecule has 0 radical (unpaired) electrons. The number of benzene rings is 2. The minimum atomic E-state index is -0.322. The van der Waals surface area contributed by atoms with Crippen molar-refractivity contribution in [2.45, 2.75) is 19.8 Å². The second-order valence-electron chi connectivity index (χ2n) is 6.19. The molecular formula is C20H19N3O4. The highest BCUT2D eigenvalue weighted by atomic mass is 16.3. The van der Waals surface area contributed by atoms with Crippen LogP contribution < -0.4 is 5.43 Å². The molecule has 7 heteroatoms. The molecule has 138 valence electrons. The highest BCUT2D eigenvalue weighted by Crippen LogP contribution is 2.22. The lowest BCUT2D eigenvalue weighted by atomic mass is 10.1. The maximum Gasteiger partial charge on any atom is 0.261 e. The van der Waals surface area contributed by atoms with Gasteiger partial charge in [-0.05, 0) is 55.3 Å². The Morgan fingerprint density at radius 1 is 1.04 bits per heavy atom. The number of carbonyl (C=O) groups excluding carboxylic acids is 3. The summed E-state index contributed by atoms with van der Waals surface area (Å²) in [6.45, 7) is 1.92. The molecule has 2 aromatic rings. The smallest absolute Gasteiger partial charge is 0.261 e. The van der Waals surface area contributed by atoms with E-state index >= 15 is 0 Å². The molecular weight excluding hydrogens is 346 g/mol. The maximum absolute atomic E-state index is 12.2. The lowest BCUT2D eigenvalue weighted by Crippen LogP contribution is -2.31. The number of hydrazone groups is 1. The Labute approximate surface area is 156 Å². The summed E-state index contributed by atoms with van der Waals surface area (Å²) in [5, 5.41) is 13.3. The van der Waals surface area contributed by atoms with Crippen LogP contribution in [-0.4, -0.2) is 40.0 Å². The van der Waals surface area contributed by atoms with Gasteiger partial charge in [0.05, 0.1) is 16.8 Å². The lowest BCUT2D eigenvalue weighted by molar-refractivity contribution is -0.121. The summed E-state index contributed by atoms with van der Waals surface area (Å²) in [4.78, 5) is 37.6. The molecule has 2 aromatic carbocycles. The molecule has 0 saturated carbocycles. The van der Waals surface area contributed by atoms with Crippen LogP contribution in [0, 0.1) is 0 Å². The molecule has 2 N–H and O–H groups in total. The van der Waals surface area contributed by atoms with Crippen molar-refractivity contribution in [2.24, 2.45) is 5.10 Å². The van der Waals surface area contributed by atoms with E-state index in [0.717, 1.165) is 5.56 Å². The Morgan fingerprint density at radius 2 is 1.63 bits per heavy atom. The summed E-state index contributed by atoms with van der Waals surface area (Å²) in [5.41, 5.74) is 4.64. The molecule has 3 amide bonds. The normalized spacial score (nSPS) is 13.7. The summed E-state index contributed by atoms with van der Waals surface area (Å²) < 4.78 is 0. The first-order valence-electron chi connectivity index (χ1n) is 8.55. The number of phenolic OH excluding ortho intramolecular Hbond substituents is 1. The molecule has 0 spiro atoms. The number of fused-ring (bicyclic) bond motifs is 1. The van der Waals surface area contributed by atoms with Crippen LogP contribution in [0.25, 0.3) is 0 Å². The van der Waals surface area contributed by atoms with Crippen LogP contribution in [0.15, 0.2) is 53.6 Å². The number of hydrogen-bond acceptors (Lipinski definition) is 5. The number of rotatable bonds is 6. The van der Waals surface area contributed by atoms with Crippen LogP contribution in [0.3, 0.4) is 0 Å². The average Bonchev–Trinajstić information content (AvgIpc) is 2.92. The molecule has 0 fully saturated rings. The van der Waals surface area contributed by atoms with Gasteiger partial charge in [0.15, 0.2) is 0 Å². The monoisotopic (exact) mass is 365 g/mol. The fourth-order valence-electron chi connectivity index (χ4n) is 2.81. The first-order valence-corrected chi connectivity index (χ1v) is 8.55. The van der Waals surface area contributed by atoms with E-state index in [1.54, 1.807) is 43.3 Å². The number of carbonyl (C=O) groups is 3. The van der Waals surface area contributed by atoms with Gasteiger partial charge in [-0.2, -0.15) is 5.10 Å². The fraction of sp³-hybridized carbons (Fsp3) is 0.200. The van der Waals surface area contributed by atoms with E-state index in [1.807, 2.05) is 0 Å². The van der Waals surface area contributed by atoms with Crippen LogP contribution >= 0.6 is 0 Å². The highest BCUT2D eigenvalue weighted by molar-refractivity contribution is 6.21. The number of imide groups is 1. The zero-order valence-corrected chi connectivity index (χ0v) is 14.8. The fourth-order valence-corrected chi connectivity index (χ4v) is 2.81. The number of phenols is 1. The van der Waals surface area contributed by atoms with Gasteiger partial charge in [0.2, 0.25) is 5.91 Å². The number of hydrogen-bond donors (Lipinski definition) is 2. The van der Waals surface area contributed by atoms with Crippen LogP contribution in [0.2, 0.25) is 0 Å². The van der Waals surface area contributed by atoms with Crippen molar-refractivity contribution in [1.29, 1.82) is 0 Å². The van der Waals surface area contributed by atoms with E-state index in [-0.39, 0.29) is 36.4 Å². The summed E-state index contributed by atoms with van der Waals surface area (Å²) >= 11 is 0. The van der Waals surface area contributed by atoms with E-state index in [4.69, 9.17) is 0 Å². The first-order chi connectivity index (χ1) is 13.0. The van der Waals surface area contributed by atoms with Gasteiger partial charge >= 0.3 is 0 Å². The van der Waals surface area contributed by atoms with Crippen molar-refractivity contribution in [3.8, 4) is 5.75 Å². The Bertz CT molecular complexity index is 884. The number of nitrogens with one attached hydrogen (secondary N) is 1. The second kappa shape index (κ2) is 7.82. The Morgan fingerprint density at radius 3 is 2.22 bits per heavy atom. The van der Waals surface area contributed by atoms with Gasteiger partial charge in [0.25, 0.3) is 11.8 Å². The van der Waals surface area contributed by atoms with Gasteiger partial charge in [0, 0.05) is 13.0 Å². The Hall–Kier alpha value is -3.48. The summed E-state index contributed by atoms with van der Waals surface area (Å²) in [6, 6.07) is 13.2. The SMILES string of the molecule is C/C(=N/NC(=O)CCCN1C(=O)c2ccccc2C1=O)c1ccc(O)cc1. The molecule has 0 aliphatic carbocycles. The minimum Gasteiger partial charge on any atom is -0.508 e. The Kier molecular flexibility index (Phi) is 5.30. The molecule has 0 aromatic heterocycles. The largest absolute Gasteiger partial charge is 0.508 e. The molecule has 0 saturated heterocycles. The van der Waals surface area contributed by atoms with Gasteiger partial charge < -0.3 is 5.11 Å². The molecule has 1 aliphatic rings. The van der Waals surface area contributed by atoms with Crippen molar-refractivity contribution in [1.82, 2.24) is 10.3 Å². The second-order valence-corrected chi connectivity index (χ2v) is 6.19. The van der Waals surface area contributed by atoms with Crippen molar-refractivity contribution in [3.63, 3.8) is 0 Å². The van der Waals surface area contributed by atoms with E-state index in [2.05, 4.69) is 10.5 Å². The molecule has 0 bridgehead atoms. The van der Waals surface area contributed by atoms with Gasteiger partial charge in [-0.15, -0.1) is 0 Å². The van der Waals surface area contributed by atoms with Gasteiger partial charge in [-0.25, -0.2) is 5.43 Å².